The highest BCUT2D eigenvalue weighted by molar-refractivity contribution is 6.51. The minimum absolute atomic E-state index is 0.00988. The van der Waals surface area contributed by atoms with Crippen LogP contribution in [-0.4, -0.2) is 37.0 Å². The van der Waals surface area contributed by atoms with Gasteiger partial charge in [-0.1, -0.05) is 41.9 Å². The zero-order valence-electron chi connectivity index (χ0n) is 19.9. The van der Waals surface area contributed by atoms with E-state index < -0.39 is 17.7 Å². The number of halogens is 1. The van der Waals surface area contributed by atoms with Crippen molar-refractivity contribution in [1.29, 1.82) is 0 Å². The third kappa shape index (κ3) is 4.62. The van der Waals surface area contributed by atoms with Crippen LogP contribution in [0.5, 0.6) is 5.75 Å². The number of Topliss-reactive ketones (excluding diaryl/α,β-unsaturated/α-hetero) is 1. The molecule has 180 valence electrons. The number of rotatable bonds is 7. The minimum Gasteiger partial charge on any atom is -0.507 e. The Morgan fingerprint density at radius 1 is 1.00 bits per heavy atom. The Balaban J connectivity index is 1.91. The van der Waals surface area contributed by atoms with Gasteiger partial charge in [-0.15, -0.1) is 0 Å². The molecule has 1 aliphatic heterocycles. The largest absolute Gasteiger partial charge is 0.507 e. The van der Waals surface area contributed by atoms with E-state index in [9.17, 15) is 14.7 Å². The van der Waals surface area contributed by atoms with Gasteiger partial charge in [-0.25, -0.2) is 0 Å². The quantitative estimate of drug-likeness (QED) is 0.257. The van der Waals surface area contributed by atoms with Crippen molar-refractivity contribution in [3.63, 3.8) is 0 Å². The maximum absolute atomic E-state index is 13.3. The molecule has 1 unspecified atom stereocenters. The van der Waals surface area contributed by atoms with Gasteiger partial charge in [-0.2, -0.15) is 0 Å². The molecule has 4 rings (SSSR count). The van der Waals surface area contributed by atoms with Crippen LogP contribution in [-0.2, 0) is 9.59 Å². The van der Waals surface area contributed by atoms with Crippen LogP contribution in [0.2, 0.25) is 5.02 Å². The van der Waals surface area contributed by atoms with Crippen molar-refractivity contribution < 1.29 is 19.4 Å². The summed E-state index contributed by atoms with van der Waals surface area (Å²) >= 11 is 6.13. The van der Waals surface area contributed by atoms with Crippen LogP contribution in [0, 0.1) is 0 Å². The second-order valence-electron chi connectivity index (χ2n) is 8.14. The zero-order chi connectivity index (χ0) is 25.1. The molecule has 3 aromatic carbocycles. The van der Waals surface area contributed by atoms with Crippen LogP contribution in [0.3, 0.4) is 0 Å². The Bertz CT molecular complexity index is 1280. The number of ketones is 1. The van der Waals surface area contributed by atoms with Gasteiger partial charge in [0.15, 0.2) is 0 Å². The lowest BCUT2D eigenvalue weighted by Crippen LogP contribution is -2.29. The molecule has 6 nitrogen and oxygen atoms in total. The predicted molar refractivity (Wildman–Crippen MR) is 139 cm³/mol. The summed E-state index contributed by atoms with van der Waals surface area (Å²) < 4.78 is 5.34. The number of amides is 1. The Labute approximate surface area is 210 Å². The van der Waals surface area contributed by atoms with Crippen LogP contribution in [0.1, 0.15) is 31.0 Å². The first-order valence-corrected chi connectivity index (χ1v) is 11.8. The van der Waals surface area contributed by atoms with Crippen LogP contribution in [0.15, 0.2) is 78.4 Å². The molecule has 0 spiro atoms. The minimum atomic E-state index is -0.827. The molecule has 0 aromatic heterocycles. The highest BCUT2D eigenvalue weighted by Gasteiger charge is 2.47. The van der Waals surface area contributed by atoms with Crippen molar-refractivity contribution in [3.8, 4) is 5.75 Å². The number of aliphatic hydroxyl groups is 1. The molecule has 1 fully saturated rings. The maximum atomic E-state index is 13.3. The molecule has 1 aliphatic rings. The van der Waals surface area contributed by atoms with Crippen LogP contribution in [0.4, 0.5) is 11.4 Å². The number of hydrogen-bond acceptors (Lipinski definition) is 5. The first-order valence-electron chi connectivity index (χ1n) is 11.5. The third-order valence-electron chi connectivity index (χ3n) is 6.21. The molecule has 0 radical (unpaired) electrons. The summed E-state index contributed by atoms with van der Waals surface area (Å²) in [6.07, 6.45) is 0. The van der Waals surface area contributed by atoms with Gasteiger partial charge in [-0.3, -0.25) is 14.5 Å². The van der Waals surface area contributed by atoms with Crippen molar-refractivity contribution in [2.24, 2.45) is 0 Å². The Morgan fingerprint density at radius 3 is 2.31 bits per heavy atom. The summed E-state index contributed by atoms with van der Waals surface area (Å²) in [4.78, 5) is 30.3. The summed E-state index contributed by atoms with van der Waals surface area (Å²) in [5.41, 5.74) is 2.61. The molecule has 7 heteroatoms. The number of methoxy groups -OCH3 is 1. The predicted octanol–water partition coefficient (Wildman–Crippen LogP) is 5.82. The summed E-state index contributed by atoms with van der Waals surface area (Å²) in [5, 5.41) is 11.7. The van der Waals surface area contributed by atoms with E-state index >= 15 is 0 Å². The molecular formula is C28H27ClN2O4. The Kier molecular flexibility index (Phi) is 7.12. The third-order valence-corrected chi connectivity index (χ3v) is 6.45. The van der Waals surface area contributed by atoms with E-state index in [0.29, 0.717) is 27.6 Å². The van der Waals surface area contributed by atoms with Gasteiger partial charge in [0.1, 0.15) is 11.5 Å². The first-order chi connectivity index (χ1) is 16.9. The zero-order valence-corrected chi connectivity index (χ0v) is 20.6. The second kappa shape index (κ2) is 10.2. The summed E-state index contributed by atoms with van der Waals surface area (Å²) in [6, 6.07) is 20.4. The molecule has 1 amide bonds. The molecule has 35 heavy (non-hydrogen) atoms. The van der Waals surface area contributed by atoms with E-state index in [4.69, 9.17) is 16.3 Å². The van der Waals surface area contributed by atoms with Crippen molar-refractivity contribution in [3.05, 3.63) is 94.5 Å². The number of aliphatic hydroxyl groups excluding tert-OH is 1. The lowest BCUT2D eigenvalue weighted by Gasteiger charge is -2.27. The number of hydrogen-bond donors (Lipinski definition) is 1. The number of carbonyl (C=O) groups is 2. The van der Waals surface area contributed by atoms with Gasteiger partial charge >= 0.3 is 0 Å². The Morgan fingerprint density at radius 2 is 1.69 bits per heavy atom. The van der Waals surface area contributed by atoms with Gasteiger partial charge in [0.05, 0.1) is 18.7 Å². The number of nitrogens with zero attached hydrogens (tertiary/aromatic N) is 2. The summed E-state index contributed by atoms with van der Waals surface area (Å²) in [6.45, 7) is 5.88. The average molecular weight is 491 g/mol. The number of benzene rings is 3. The van der Waals surface area contributed by atoms with Gasteiger partial charge in [-0.05, 0) is 55.8 Å². The standard InChI is InChI=1S/C28H27ClN2O4/c1-4-30(5-2)21-14-12-18(13-15-21)25-24(26(32)19-8-6-9-20(29)16-19)27(33)28(34)31(25)22-10-7-11-23(17-22)35-3/h6-17,25,32H,4-5H2,1-3H3/b26-24+. The SMILES string of the molecule is CCN(CC)c1ccc(C2/C(=C(\O)c3cccc(Cl)c3)C(=O)C(=O)N2c2cccc(OC)c2)cc1. The van der Waals surface area contributed by atoms with Crippen molar-refractivity contribution in [1.82, 2.24) is 0 Å². The molecule has 3 aromatic rings. The fourth-order valence-corrected chi connectivity index (χ4v) is 4.61. The first kappa shape index (κ1) is 24.4. The fraction of sp³-hybridized carbons (Fsp3) is 0.214. The van der Waals surface area contributed by atoms with Crippen LogP contribution in [0.25, 0.3) is 5.76 Å². The van der Waals surface area contributed by atoms with E-state index in [2.05, 4.69) is 18.7 Å². The monoisotopic (exact) mass is 490 g/mol. The van der Waals surface area contributed by atoms with E-state index in [-0.39, 0.29) is 11.3 Å². The van der Waals surface area contributed by atoms with Crippen LogP contribution >= 0.6 is 11.6 Å². The highest BCUT2D eigenvalue weighted by Crippen LogP contribution is 2.43. The second-order valence-corrected chi connectivity index (χ2v) is 8.58. The summed E-state index contributed by atoms with van der Waals surface area (Å²) in [5.74, 6) is -1.20. The lowest BCUT2D eigenvalue weighted by molar-refractivity contribution is -0.132. The number of anilines is 2. The lowest BCUT2D eigenvalue weighted by atomic mass is 9.95. The van der Waals surface area contributed by atoms with Crippen molar-refractivity contribution in [2.75, 3.05) is 30.0 Å². The maximum Gasteiger partial charge on any atom is 0.300 e. The molecule has 0 saturated carbocycles. The molecule has 1 N–H and O–H groups in total. The average Bonchev–Trinajstić information content (AvgIpc) is 3.15. The van der Waals surface area contributed by atoms with Crippen LogP contribution < -0.4 is 14.5 Å². The molecule has 0 bridgehead atoms. The number of ether oxygens (including phenoxy) is 1. The van der Waals surface area contributed by atoms with Gasteiger partial charge in [0.2, 0.25) is 0 Å². The van der Waals surface area contributed by atoms with Gasteiger partial charge in [0, 0.05) is 41.1 Å². The van der Waals surface area contributed by atoms with Crippen molar-refractivity contribution in [2.45, 2.75) is 19.9 Å². The normalized spacial score (nSPS) is 17.0. The van der Waals surface area contributed by atoms with E-state index in [1.165, 1.54) is 12.0 Å². The molecule has 1 saturated heterocycles. The van der Waals surface area contributed by atoms with Crippen molar-refractivity contribution >= 4 is 40.4 Å². The smallest absolute Gasteiger partial charge is 0.300 e. The van der Waals surface area contributed by atoms with E-state index in [1.54, 1.807) is 48.5 Å². The van der Waals surface area contributed by atoms with Gasteiger partial charge < -0.3 is 14.7 Å². The topological polar surface area (TPSA) is 70.1 Å². The van der Waals surface area contributed by atoms with E-state index in [0.717, 1.165) is 18.8 Å². The van der Waals surface area contributed by atoms with E-state index in [1.807, 2.05) is 24.3 Å². The number of carbonyl (C=O) groups excluding carboxylic acids is 2. The molecule has 0 aliphatic carbocycles. The Hall–Kier alpha value is -3.77. The van der Waals surface area contributed by atoms with Gasteiger partial charge in [0.25, 0.3) is 11.7 Å². The molecule has 1 atom stereocenters. The fourth-order valence-electron chi connectivity index (χ4n) is 4.42. The molecule has 1 heterocycles. The molecular weight excluding hydrogens is 464 g/mol. The summed E-state index contributed by atoms with van der Waals surface area (Å²) in [7, 11) is 1.54. The highest BCUT2D eigenvalue weighted by atomic mass is 35.5.